The summed E-state index contributed by atoms with van der Waals surface area (Å²) in [4.78, 5) is 0. The van der Waals surface area contributed by atoms with Crippen LogP contribution in [0.15, 0.2) is 0 Å². The molecule has 116 valence electrons. The van der Waals surface area contributed by atoms with Crippen molar-refractivity contribution >= 4 is 9.05 Å². The topological polar surface area (TPSA) is 36.9 Å². The maximum absolute atomic E-state index is 6.19. The summed E-state index contributed by atoms with van der Waals surface area (Å²) in [5.74, 6) is 0. The molecule has 0 fully saturated rings. The van der Waals surface area contributed by atoms with Crippen LogP contribution in [0.5, 0.6) is 0 Å². The highest BCUT2D eigenvalue weighted by molar-refractivity contribution is 6.53. The van der Waals surface area contributed by atoms with E-state index in [9.17, 15) is 0 Å². The van der Waals surface area contributed by atoms with Crippen LogP contribution in [0.2, 0.25) is 0 Å². The molecule has 5 heteroatoms. The van der Waals surface area contributed by atoms with Crippen molar-refractivity contribution in [2.75, 3.05) is 14.2 Å². The molecule has 0 aliphatic carbocycles. The lowest BCUT2D eigenvalue weighted by Crippen LogP contribution is -2.57. The van der Waals surface area contributed by atoms with Crippen molar-refractivity contribution in [1.82, 2.24) is 0 Å². The molecular weight excluding hydrogens is 260 g/mol. The lowest BCUT2D eigenvalue weighted by molar-refractivity contribution is -0.115. The minimum Gasteiger partial charge on any atom is -0.355 e. The third-order valence-electron chi connectivity index (χ3n) is 4.23. The first kappa shape index (κ1) is 19.1. The molecular formula is C14H32O4Si. The molecule has 0 atom stereocenters. The van der Waals surface area contributed by atoms with Crippen molar-refractivity contribution in [1.29, 1.82) is 0 Å². The monoisotopic (exact) mass is 292 g/mol. The van der Waals surface area contributed by atoms with E-state index in [1.54, 1.807) is 14.2 Å². The summed E-state index contributed by atoms with van der Waals surface area (Å²) in [7, 11) is 0.111. The smallest absolute Gasteiger partial charge is 0.355 e. The Labute approximate surface area is 120 Å². The van der Waals surface area contributed by atoms with E-state index < -0.39 is 9.05 Å². The van der Waals surface area contributed by atoms with Gasteiger partial charge in [0.15, 0.2) is 0 Å². The summed E-state index contributed by atoms with van der Waals surface area (Å²) in [6.07, 6.45) is 3.57. The standard InChI is InChI=1S/C14H32O4Si/c1-9-13(5,10-2)17-19(15-7,16-8)18-14(6,11-3)12-4/h9-12H2,1-8H3. The highest BCUT2D eigenvalue weighted by Gasteiger charge is 2.52. The second-order valence-electron chi connectivity index (χ2n) is 5.43. The molecule has 0 N–H and O–H groups in total. The molecule has 0 rings (SSSR count). The first-order valence-electron chi connectivity index (χ1n) is 7.28. The lowest BCUT2D eigenvalue weighted by atomic mass is 10.0. The maximum Gasteiger partial charge on any atom is 0.680 e. The zero-order valence-corrected chi connectivity index (χ0v) is 15.0. The zero-order valence-electron chi connectivity index (χ0n) is 14.0. The van der Waals surface area contributed by atoms with Gasteiger partial charge in [0.25, 0.3) is 0 Å². The van der Waals surface area contributed by atoms with E-state index in [0.29, 0.717) is 0 Å². The summed E-state index contributed by atoms with van der Waals surface area (Å²) >= 11 is 0. The quantitative estimate of drug-likeness (QED) is 0.572. The summed E-state index contributed by atoms with van der Waals surface area (Å²) in [6.45, 7) is 12.6. The largest absolute Gasteiger partial charge is 0.680 e. The molecule has 0 heterocycles. The van der Waals surface area contributed by atoms with Crippen molar-refractivity contribution < 1.29 is 17.7 Å². The average Bonchev–Trinajstić information content (AvgIpc) is 2.46. The highest BCUT2D eigenvalue weighted by Crippen LogP contribution is 2.31. The van der Waals surface area contributed by atoms with Gasteiger partial charge in [-0.25, -0.2) is 0 Å². The normalized spacial score (nSPS) is 13.9. The molecule has 0 aliphatic rings. The molecule has 0 spiro atoms. The Morgan fingerprint density at radius 1 is 0.684 bits per heavy atom. The molecule has 0 aromatic rings. The van der Waals surface area contributed by atoms with Crippen LogP contribution in [0, 0.1) is 0 Å². The highest BCUT2D eigenvalue weighted by atomic mass is 28.4. The predicted molar refractivity (Wildman–Crippen MR) is 79.9 cm³/mol. The Hall–Kier alpha value is 0.0569. The Kier molecular flexibility index (Phi) is 7.76. The average molecular weight is 292 g/mol. The Morgan fingerprint density at radius 2 is 0.947 bits per heavy atom. The molecule has 0 bridgehead atoms. The fourth-order valence-corrected chi connectivity index (χ4v) is 3.99. The fourth-order valence-electron chi connectivity index (χ4n) is 1.66. The van der Waals surface area contributed by atoms with Crippen LogP contribution in [0.1, 0.15) is 67.2 Å². The van der Waals surface area contributed by atoms with Crippen LogP contribution in [0.3, 0.4) is 0 Å². The minimum absolute atomic E-state index is 0.277. The van der Waals surface area contributed by atoms with E-state index >= 15 is 0 Å². The molecule has 0 unspecified atom stereocenters. The third-order valence-corrected chi connectivity index (χ3v) is 6.72. The molecule has 0 aromatic carbocycles. The first-order chi connectivity index (χ1) is 8.78. The van der Waals surface area contributed by atoms with Gasteiger partial charge in [0.1, 0.15) is 0 Å². The van der Waals surface area contributed by atoms with Gasteiger partial charge < -0.3 is 17.7 Å². The molecule has 0 aliphatic heterocycles. The third kappa shape index (κ3) is 5.15. The van der Waals surface area contributed by atoms with Crippen LogP contribution < -0.4 is 0 Å². The van der Waals surface area contributed by atoms with E-state index in [4.69, 9.17) is 17.7 Å². The molecule has 19 heavy (non-hydrogen) atoms. The van der Waals surface area contributed by atoms with E-state index in [0.717, 1.165) is 25.7 Å². The molecule has 0 aromatic heterocycles. The van der Waals surface area contributed by atoms with Crippen molar-refractivity contribution in [3.05, 3.63) is 0 Å². The van der Waals surface area contributed by atoms with Gasteiger partial charge in [0.2, 0.25) is 0 Å². The summed E-state index contributed by atoms with van der Waals surface area (Å²) in [5.41, 5.74) is -0.554. The number of hydrogen-bond acceptors (Lipinski definition) is 4. The summed E-state index contributed by atoms with van der Waals surface area (Å²) < 4.78 is 23.5. The van der Waals surface area contributed by atoms with Crippen molar-refractivity contribution in [3.8, 4) is 0 Å². The second-order valence-corrected chi connectivity index (χ2v) is 7.65. The van der Waals surface area contributed by atoms with E-state index in [-0.39, 0.29) is 11.2 Å². The van der Waals surface area contributed by atoms with Crippen molar-refractivity contribution in [2.45, 2.75) is 78.4 Å². The fraction of sp³-hybridized carbons (Fsp3) is 1.00. The van der Waals surface area contributed by atoms with Gasteiger partial charge in [-0.3, -0.25) is 0 Å². The van der Waals surface area contributed by atoms with Gasteiger partial charge in [-0.05, 0) is 39.5 Å². The molecule has 0 amide bonds. The van der Waals surface area contributed by atoms with Gasteiger partial charge in [0.05, 0.1) is 11.2 Å². The van der Waals surface area contributed by atoms with Gasteiger partial charge >= 0.3 is 9.05 Å². The SMILES string of the molecule is CCC(C)(CC)O[Si](OC)(OC)OC(C)(CC)CC. The van der Waals surface area contributed by atoms with E-state index in [1.165, 1.54) is 0 Å². The van der Waals surface area contributed by atoms with Crippen LogP contribution in [-0.2, 0) is 17.7 Å². The second kappa shape index (κ2) is 7.74. The van der Waals surface area contributed by atoms with Gasteiger partial charge in [-0.2, -0.15) is 0 Å². The van der Waals surface area contributed by atoms with Gasteiger partial charge in [-0.1, -0.05) is 27.7 Å². The maximum atomic E-state index is 6.19. The first-order valence-corrected chi connectivity index (χ1v) is 8.92. The molecule has 4 nitrogen and oxygen atoms in total. The number of rotatable bonds is 10. The van der Waals surface area contributed by atoms with E-state index in [1.807, 2.05) is 0 Å². The van der Waals surface area contributed by atoms with Gasteiger partial charge in [-0.15, -0.1) is 0 Å². The van der Waals surface area contributed by atoms with Crippen LogP contribution in [0.4, 0.5) is 0 Å². The van der Waals surface area contributed by atoms with E-state index in [2.05, 4.69) is 41.5 Å². The van der Waals surface area contributed by atoms with Crippen LogP contribution in [0.25, 0.3) is 0 Å². The Bertz CT molecular complexity index is 224. The molecule has 0 saturated carbocycles. The Morgan fingerprint density at radius 3 is 1.11 bits per heavy atom. The molecule has 0 saturated heterocycles. The minimum atomic E-state index is -3.10. The summed E-state index contributed by atoms with van der Waals surface area (Å²) in [5, 5.41) is 0. The van der Waals surface area contributed by atoms with Crippen LogP contribution in [-0.4, -0.2) is 34.5 Å². The lowest BCUT2D eigenvalue weighted by Gasteiger charge is -2.40. The zero-order chi connectivity index (χ0) is 15.2. The number of hydrogen-bond donors (Lipinski definition) is 0. The van der Waals surface area contributed by atoms with Crippen molar-refractivity contribution in [3.63, 3.8) is 0 Å². The predicted octanol–water partition coefficient (Wildman–Crippen LogP) is 3.91. The Balaban J connectivity index is 5.15. The summed E-state index contributed by atoms with van der Waals surface area (Å²) in [6, 6.07) is 0. The van der Waals surface area contributed by atoms with Crippen LogP contribution >= 0.6 is 0 Å². The van der Waals surface area contributed by atoms with Crippen molar-refractivity contribution in [2.24, 2.45) is 0 Å². The van der Waals surface area contributed by atoms with Gasteiger partial charge in [0, 0.05) is 14.2 Å². The molecule has 0 radical (unpaired) electrons.